The molecule has 0 aliphatic carbocycles. The molecule has 240 valence electrons. The lowest BCUT2D eigenvalue weighted by atomic mass is 10.0. The first-order valence-corrected chi connectivity index (χ1v) is 18.8. The van der Waals surface area contributed by atoms with Gasteiger partial charge in [-0.3, -0.25) is 0 Å². The standard InChI is InChI=1S/C37H76N2O/c1-3-5-7-9-11-13-15-17-19-21-23-25-27-29-31-33-35-38-37(40)39-36-34-32-30-28-26-24-22-20-18-16-14-12-10-8-6-4-2/h3-36H2,1-2H3,(H2,38,39,40). The number of rotatable bonds is 34. The highest BCUT2D eigenvalue weighted by Gasteiger charge is 2.00. The van der Waals surface area contributed by atoms with E-state index in [4.69, 9.17) is 0 Å². The van der Waals surface area contributed by atoms with E-state index in [0.717, 1.165) is 25.9 Å². The van der Waals surface area contributed by atoms with E-state index in [-0.39, 0.29) is 6.03 Å². The SMILES string of the molecule is CCCCCCCCCCCCCCCCCCNC(=O)NCCCCCCCCCCCCCCCCCC. The quantitative estimate of drug-likeness (QED) is 0.0750. The summed E-state index contributed by atoms with van der Waals surface area (Å²) >= 11 is 0. The third kappa shape index (κ3) is 35.3. The lowest BCUT2D eigenvalue weighted by Crippen LogP contribution is -2.36. The molecule has 0 fully saturated rings. The topological polar surface area (TPSA) is 41.1 Å². The average Bonchev–Trinajstić information content (AvgIpc) is 2.96. The van der Waals surface area contributed by atoms with Crippen LogP contribution in [0.1, 0.15) is 219 Å². The lowest BCUT2D eigenvalue weighted by molar-refractivity contribution is 0.240. The molecule has 0 aromatic carbocycles. The molecule has 3 heteroatoms. The van der Waals surface area contributed by atoms with Gasteiger partial charge in [0.25, 0.3) is 0 Å². The van der Waals surface area contributed by atoms with Crippen molar-refractivity contribution in [1.82, 2.24) is 10.6 Å². The Balaban J connectivity index is 3.14. The van der Waals surface area contributed by atoms with Crippen LogP contribution in [0.2, 0.25) is 0 Å². The van der Waals surface area contributed by atoms with Gasteiger partial charge in [-0.2, -0.15) is 0 Å². The summed E-state index contributed by atoms with van der Waals surface area (Å²) in [7, 11) is 0. The molecule has 0 aromatic rings. The molecule has 0 atom stereocenters. The minimum atomic E-state index is 0.0296. The molecule has 0 aliphatic heterocycles. The van der Waals surface area contributed by atoms with E-state index in [1.54, 1.807) is 0 Å². The minimum absolute atomic E-state index is 0.0296. The summed E-state index contributed by atoms with van der Waals surface area (Å²) in [6.07, 6.45) is 44.4. The van der Waals surface area contributed by atoms with Gasteiger partial charge in [0.15, 0.2) is 0 Å². The van der Waals surface area contributed by atoms with Gasteiger partial charge in [0, 0.05) is 13.1 Å². The molecule has 40 heavy (non-hydrogen) atoms. The van der Waals surface area contributed by atoms with Gasteiger partial charge in [0.1, 0.15) is 0 Å². The fraction of sp³-hybridized carbons (Fsp3) is 0.973. The Bertz CT molecular complexity index is 427. The summed E-state index contributed by atoms with van der Waals surface area (Å²) in [6, 6.07) is 0.0296. The largest absolute Gasteiger partial charge is 0.338 e. The monoisotopic (exact) mass is 565 g/mol. The Morgan fingerprint density at radius 3 is 0.675 bits per heavy atom. The van der Waals surface area contributed by atoms with Crippen molar-refractivity contribution in [3.63, 3.8) is 0 Å². The number of nitrogens with one attached hydrogen (secondary N) is 2. The molecule has 0 spiro atoms. The number of hydrogen-bond acceptors (Lipinski definition) is 1. The second kappa shape index (κ2) is 36.3. The molecule has 2 N–H and O–H groups in total. The van der Waals surface area contributed by atoms with Gasteiger partial charge in [0.2, 0.25) is 0 Å². The normalized spacial score (nSPS) is 11.2. The Morgan fingerprint density at radius 1 is 0.300 bits per heavy atom. The highest BCUT2D eigenvalue weighted by molar-refractivity contribution is 5.73. The van der Waals surface area contributed by atoms with E-state index in [0.29, 0.717) is 0 Å². The van der Waals surface area contributed by atoms with Crippen LogP contribution < -0.4 is 10.6 Å². The maximum absolute atomic E-state index is 11.9. The van der Waals surface area contributed by atoms with Crippen LogP contribution in [0.3, 0.4) is 0 Å². The van der Waals surface area contributed by atoms with Gasteiger partial charge in [-0.25, -0.2) is 4.79 Å². The van der Waals surface area contributed by atoms with E-state index >= 15 is 0 Å². The first-order valence-electron chi connectivity index (χ1n) is 18.8. The average molecular weight is 565 g/mol. The molecular weight excluding hydrogens is 488 g/mol. The molecule has 0 unspecified atom stereocenters. The molecule has 0 saturated carbocycles. The second-order valence-electron chi connectivity index (χ2n) is 12.8. The Morgan fingerprint density at radius 2 is 0.475 bits per heavy atom. The van der Waals surface area contributed by atoms with Crippen LogP contribution >= 0.6 is 0 Å². The smallest absolute Gasteiger partial charge is 0.314 e. The fourth-order valence-corrected chi connectivity index (χ4v) is 5.81. The molecule has 0 rings (SSSR count). The maximum Gasteiger partial charge on any atom is 0.314 e. The van der Waals surface area contributed by atoms with E-state index in [2.05, 4.69) is 24.5 Å². The van der Waals surface area contributed by atoms with E-state index in [9.17, 15) is 4.79 Å². The number of unbranched alkanes of at least 4 members (excludes halogenated alkanes) is 30. The summed E-state index contributed by atoms with van der Waals surface area (Å²) < 4.78 is 0. The van der Waals surface area contributed by atoms with Crippen LogP contribution in [0.15, 0.2) is 0 Å². The van der Waals surface area contributed by atoms with E-state index in [1.165, 1.54) is 193 Å². The predicted octanol–water partition coefficient (Wildman–Crippen LogP) is 12.8. The summed E-state index contributed by atoms with van der Waals surface area (Å²) in [5.41, 5.74) is 0. The molecule has 0 heterocycles. The van der Waals surface area contributed by atoms with Crippen LogP contribution in [-0.4, -0.2) is 19.1 Å². The molecule has 2 amide bonds. The fourth-order valence-electron chi connectivity index (χ4n) is 5.81. The van der Waals surface area contributed by atoms with Crippen LogP contribution in [0.5, 0.6) is 0 Å². The molecule has 0 aliphatic rings. The zero-order chi connectivity index (χ0) is 29.0. The van der Waals surface area contributed by atoms with Crippen molar-refractivity contribution in [3.05, 3.63) is 0 Å². The van der Waals surface area contributed by atoms with Crippen LogP contribution in [0, 0.1) is 0 Å². The third-order valence-corrected chi connectivity index (χ3v) is 8.63. The Labute approximate surface area is 253 Å². The molecule has 0 radical (unpaired) electrons. The summed E-state index contributed by atoms with van der Waals surface area (Å²) in [5.74, 6) is 0. The van der Waals surface area contributed by atoms with Gasteiger partial charge in [0.05, 0.1) is 0 Å². The molecule has 3 nitrogen and oxygen atoms in total. The maximum atomic E-state index is 11.9. The van der Waals surface area contributed by atoms with Crippen molar-refractivity contribution < 1.29 is 4.79 Å². The van der Waals surface area contributed by atoms with Crippen molar-refractivity contribution >= 4 is 6.03 Å². The van der Waals surface area contributed by atoms with Crippen molar-refractivity contribution in [1.29, 1.82) is 0 Å². The van der Waals surface area contributed by atoms with E-state index in [1.807, 2.05) is 0 Å². The Kier molecular flexibility index (Phi) is 35.6. The number of hydrogen-bond donors (Lipinski definition) is 2. The third-order valence-electron chi connectivity index (χ3n) is 8.63. The summed E-state index contributed by atoms with van der Waals surface area (Å²) in [6.45, 7) is 6.23. The molecule has 0 saturated heterocycles. The van der Waals surface area contributed by atoms with E-state index < -0.39 is 0 Å². The van der Waals surface area contributed by atoms with Crippen molar-refractivity contribution in [2.45, 2.75) is 219 Å². The number of urea groups is 1. The molecular formula is C37H76N2O. The Hall–Kier alpha value is -0.730. The minimum Gasteiger partial charge on any atom is -0.338 e. The van der Waals surface area contributed by atoms with Crippen LogP contribution in [-0.2, 0) is 0 Å². The zero-order valence-electron chi connectivity index (χ0n) is 27.9. The summed E-state index contributed by atoms with van der Waals surface area (Å²) in [4.78, 5) is 11.9. The van der Waals surface area contributed by atoms with Crippen molar-refractivity contribution in [3.8, 4) is 0 Å². The summed E-state index contributed by atoms with van der Waals surface area (Å²) in [5, 5.41) is 6.07. The first-order chi connectivity index (χ1) is 19.8. The van der Waals surface area contributed by atoms with Crippen molar-refractivity contribution in [2.24, 2.45) is 0 Å². The van der Waals surface area contributed by atoms with Crippen LogP contribution in [0.4, 0.5) is 4.79 Å². The second-order valence-corrected chi connectivity index (χ2v) is 12.8. The zero-order valence-corrected chi connectivity index (χ0v) is 27.9. The number of carbonyl (C=O) groups is 1. The van der Waals surface area contributed by atoms with Crippen LogP contribution in [0.25, 0.3) is 0 Å². The predicted molar refractivity (Wildman–Crippen MR) is 180 cm³/mol. The van der Waals surface area contributed by atoms with Gasteiger partial charge in [-0.1, -0.05) is 206 Å². The molecule has 0 bridgehead atoms. The number of carbonyl (C=O) groups excluding carboxylic acids is 1. The lowest BCUT2D eigenvalue weighted by Gasteiger charge is -2.08. The van der Waals surface area contributed by atoms with Gasteiger partial charge < -0.3 is 10.6 Å². The number of amides is 2. The highest BCUT2D eigenvalue weighted by atomic mass is 16.2. The highest BCUT2D eigenvalue weighted by Crippen LogP contribution is 2.15. The molecule has 0 aromatic heterocycles. The van der Waals surface area contributed by atoms with Gasteiger partial charge in [-0.05, 0) is 12.8 Å². The van der Waals surface area contributed by atoms with Gasteiger partial charge in [-0.15, -0.1) is 0 Å². The van der Waals surface area contributed by atoms with Gasteiger partial charge >= 0.3 is 6.03 Å². The first kappa shape index (κ1) is 39.3. The van der Waals surface area contributed by atoms with Crippen molar-refractivity contribution in [2.75, 3.05) is 13.1 Å².